The molecule has 0 bridgehead atoms. The Balaban J connectivity index is 1.63. The first-order valence-electron chi connectivity index (χ1n) is 8.93. The quantitative estimate of drug-likeness (QED) is 0.495. The van der Waals surface area contributed by atoms with E-state index in [9.17, 15) is 9.59 Å². The zero-order valence-corrected chi connectivity index (χ0v) is 17.8. The molecular formula is C21H20BrN3O2S. The van der Waals surface area contributed by atoms with Gasteiger partial charge >= 0.3 is 0 Å². The first kappa shape index (κ1) is 20.4. The van der Waals surface area contributed by atoms with Crippen molar-refractivity contribution in [1.82, 2.24) is 9.97 Å². The lowest BCUT2D eigenvalue weighted by atomic mass is 10.1. The summed E-state index contributed by atoms with van der Waals surface area (Å²) in [6.45, 7) is 1.95. The maximum atomic E-state index is 12.3. The minimum absolute atomic E-state index is 0.0551. The highest BCUT2D eigenvalue weighted by Crippen LogP contribution is 2.27. The average Bonchev–Trinajstić information content (AvgIpc) is 2.69. The number of hydrogen-bond donors (Lipinski definition) is 2. The fourth-order valence-corrected chi connectivity index (χ4v) is 4.13. The van der Waals surface area contributed by atoms with Crippen LogP contribution in [0.25, 0.3) is 11.4 Å². The smallest absolute Gasteiger partial charge is 0.251 e. The van der Waals surface area contributed by atoms with E-state index in [2.05, 4.69) is 31.2 Å². The van der Waals surface area contributed by atoms with Crippen LogP contribution in [0.3, 0.4) is 0 Å². The van der Waals surface area contributed by atoms with Gasteiger partial charge < -0.3 is 10.3 Å². The van der Waals surface area contributed by atoms with Gasteiger partial charge in [-0.15, -0.1) is 11.8 Å². The minimum atomic E-state index is -0.180. The summed E-state index contributed by atoms with van der Waals surface area (Å²) >= 11 is 5.14. The maximum Gasteiger partial charge on any atom is 0.251 e. The standard InChI is InChI=1S/C21H20BrN3O2S/c1-2-15-13-20(27)25-21(24-15)14-6-5-7-16(12-14)23-19(26)10-11-28-18-9-4-3-8-17(18)22/h3-9,12-13H,2,10-11H2,1H3,(H,23,26)(H,24,25,27). The van der Waals surface area contributed by atoms with Crippen LogP contribution >= 0.6 is 27.7 Å². The Hall–Kier alpha value is -2.38. The molecule has 0 fully saturated rings. The van der Waals surface area contributed by atoms with Crippen molar-refractivity contribution in [2.75, 3.05) is 11.1 Å². The number of rotatable bonds is 7. The van der Waals surface area contributed by atoms with Crippen molar-refractivity contribution in [3.63, 3.8) is 0 Å². The molecule has 0 aliphatic heterocycles. The number of benzene rings is 2. The third kappa shape index (κ3) is 5.56. The highest BCUT2D eigenvalue weighted by atomic mass is 79.9. The van der Waals surface area contributed by atoms with Gasteiger partial charge in [0.15, 0.2) is 0 Å². The normalized spacial score (nSPS) is 10.6. The van der Waals surface area contributed by atoms with Crippen LogP contribution in [0.2, 0.25) is 0 Å². The average molecular weight is 458 g/mol. The number of halogens is 1. The molecule has 5 nitrogen and oxygen atoms in total. The lowest BCUT2D eigenvalue weighted by Crippen LogP contribution is -2.13. The Bertz CT molecular complexity index is 1040. The summed E-state index contributed by atoms with van der Waals surface area (Å²) in [7, 11) is 0. The highest BCUT2D eigenvalue weighted by molar-refractivity contribution is 9.10. The topological polar surface area (TPSA) is 74.8 Å². The van der Waals surface area contributed by atoms with Crippen LogP contribution in [0, 0.1) is 0 Å². The number of nitrogens with zero attached hydrogens (tertiary/aromatic N) is 1. The van der Waals surface area contributed by atoms with E-state index in [0.717, 1.165) is 20.6 Å². The number of nitrogens with one attached hydrogen (secondary N) is 2. The van der Waals surface area contributed by atoms with E-state index >= 15 is 0 Å². The van der Waals surface area contributed by atoms with Crippen molar-refractivity contribution >= 4 is 39.3 Å². The van der Waals surface area contributed by atoms with E-state index in [4.69, 9.17) is 0 Å². The van der Waals surface area contributed by atoms with Crippen molar-refractivity contribution in [2.45, 2.75) is 24.7 Å². The summed E-state index contributed by atoms with van der Waals surface area (Å²) in [4.78, 5) is 32.4. The SMILES string of the molecule is CCc1cc(=O)[nH]c(-c2cccc(NC(=O)CCSc3ccccc3Br)c2)n1. The molecule has 0 spiro atoms. The molecule has 0 saturated carbocycles. The van der Waals surface area contributed by atoms with Gasteiger partial charge in [-0.2, -0.15) is 0 Å². The first-order valence-corrected chi connectivity index (χ1v) is 10.7. The number of hydrogen-bond acceptors (Lipinski definition) is 4. The number of aromatic amines is 1. The predicted molar refractivity (Wildman–Crippen MR) is 118 cm³/mol. The molecule has 3 rings (SSSR count). The summed E-state index contributed by atoms with van der Waals surface area (Å²) in [5, 5.41) is 2.91. The van der Waals surface area contributed by atoms with Gasteiger partial charge in [0.05, 0.1) is 0 Å². The molecule has 28 heavy (non-hydrogen) atoms. The van der Waals surface area contributed by atoms with Gasteiger partial charge in [-0.05, 0) is 46.6 Å². The largest absolute Gasteiger partial charge is 0.326 e. The van der Waals surface area contributed by atoms with Crippen LogP contribution < -0.4 is 10.9 Å². The van der Waals surface area contributed by atoms with Crippen LogP contribution in [0.5, 0.6) is 0 Å². The number of aromatic nitrogens is 2. The fraction of sp³-hybridized carbons (Fsp3) is 0.190. The second-order valence-electron chi connectivity index (χ2n) is 6.10. The van der Waals surface area contributed by atoms with E-state index in [1.165, 1.54) is 6.07 Å². The summed E-state index contributed by atoms with van der Waals surface area (Å²) in [6.07, 6.45) is 1.08. The van der Waals surface area contributed by atoms with E-state index in [1.807, 2.05) is 55.5 Å². The van der Waals surface area contributed by atoms with Crippen LogP contribution in [-0.4, -0.2) is 21.6 Å². The molecule has 1 amide bonds. The molecule has 144 valence electrons. The lowest BCUT2D eigenvalue weighted by Gasteiger charge is -2.08. The maximum absolute atomic E-state index is 12.3. The molecule has 0 aliphatic rings. The van der Waals surface area contributed by atoms with Gasteiger partial charge in [-0.3, -0.25) is 9.59 Å². The summed E-state index contributed by atoms with van der Waals surface area (Å²) in [6, 6.07) is 16.8. The second-order valence-corrected chi connectivity index (χ2v) is 8.09. The summed E-state index contributed by atoms with van der Waals surface area (Å²) < 4.78 is 1.03. The number of carbonyl (C=O) groups is 1. The van der Waals surface area contributed by atoms with Crippen molar-refractivity contribution in [3.05, 3.63) is 75.1 Å². The third-order valence-electron chi connectivity index (χ3n) is 4.00. The molecule has 2 aromatic carbocycles. The summed E-state index contributed by atoms with van der Waals surface area (Å²) in [5.41, 5.74) is 1.99. The minimum Gasteiger partial charge on any atom is -0.326 e. The van der Waals surface area contributed by atoms with Gasteiger partial charge in [-0.1, -0.05) is 31.2 Å². The van der Waals surface area contributed by atoms with E-state index < -0.39 is 0 Å². The van der Waals surface area contributed by atoms with Crippen LogP contribution in [0.15, 0.2) is 68.8 Å². The molecule has 2 N–H and O–H groups in total. The Labute approximate surface area is 176 Å². The molecular weight excluding hydrogens is 438 g/mol. The molecule has 0 aliphatic carbocycles. The van der Waals surface area contributed by atoms with E-state index in [-0.39, 0.29) is 11.5 Å². The molecule has 0 radical (unpaired) electrons. The van der Waals surface area contributed by atoms with E-state index in [0.29, 0.717) is 30.1 Å². The number of amides is 1. The van der Waals surface area contributed by atoms with E-state index in [1.54, 1.807) is 11.8 Å². The van der Waals surface area contributed by atoms with Gasteiger partial charge in [0.25, 0.3) is 5.56 Å². The molecule has 7 heteroatoms. The highest BCUT2D eigenvalue weighted by Gasteiger charge is 2.08. The molecule has 1 aromatic heterocycles. The van der Waals surface area contributed by atoms with Crippen LogP contribution in [0.1, 0.15) is 19.0 Å². The van der Waals surface area contributed by atoms with Gasteiger partial charge in [-0.25, -0.2) is 4.98 Å². The zero-order valence-electron chi connectivity index (χ0n) is 15.4. The van der Waals surface area contributed by atoms with Gasteiger partial charge in [0.1, 0.15) is 5.82 Å². The van der Waals surface area contributed by atoms with Gasteiger partial charge in [0, 0.05) is 44.6 Å². The summed E-state index contributed by atoms with van der Waals surface area (Å²) in [5.74, 6) is 1.13. The number of H-pyrrole nitrogens is 1. The number of anilines is 1. The Kier molecular flexibility index (Phi) is 7.06. The first-order chi connectivity index (χ1) is 13.5. The molecule has 0 saturated heterocycles. The molecule has 3 aromatic rings. The molecule has 1 heterocycles. The third-order valence-corrected chi connectivity index (χ3v) is 6.03. The monoisotopic (exact) mass is 457 g/mol. The fourth-order valence-electron chi connectivity index (χ4n) is 2.61. The number of aryl methyl sites for hydroxylation is 1. The van der Waals surface area contributed by atoms with Crippen LogP contribution in [0.4, 0.5) is 5.69 Å². The predicted octanol–water partition coefficient (Wildman–Crippen LogP) is 4.88. The van der Waals surface area contributed by atoms with Crippen molar-refractivity contribution in [3.8, 4) is 11.4 Å². The van der Waals surface area contributed by atoms with Gasteiger partial charge in [0.2, 0.25) is 5.91 Å². The molecule has 0 unspecified atom stereocenters. The van der Waals surface area contributed by atoms with Crippen molar-refractivity contribution < 1.29 is 4.79 Å². The Morgan fingerprint density at radius 2 is 2.00 bits per heavy atom. The van der Waals surface area contributed by atoms with Crippen molar-refractivity contribution in [2.24, 2.45) is 0 Å². The van der Waals surface area contributed by atoms with Crippen molar-refractivity contribution in [1.29, 1.82) is 0 Å². The molecule has 0 atom stereocenters. The number of thioether (sulfide) groups is 1. The lowest BCUT2D eigenvalue weighted by molar-refractivity contribution is -0.115. The Morgan fingerprint density at radius 1 is 1.18 bits per heavy atom. The number of carbonyl (C=O) groups excluding carboxylic acids is 1. The Morgan fingerprint density at radius 3 is 2.79 bits per heavy atom. The second kappa shape index (κ2) is 9.71. The zero-order chi connectivity index (χ0) is 19.9. The van der Waals surface area contributed by atoms with Crippen LogP contribution in [-0.2, 0) is 11.2 Å².